The Morgan fingerprint density at radius 1 is 1.36 bits per heavy atom. The summed E-state index contributed by atoms with van der Waals surface area (Å²) < 4.78 is 25.5. The maximum atomic E-state index is 12.8. The quantitative estimate of drug-likeness (QED) is 0.695. The molecular weight excluding hydrogens is 148 g/mol. The van der Waals surface area contributed by atoms with E-state index in [1.807, 2.05) is 0 Å². The third kappa shape index (κ3) is 1.74. The molecule has 0 aromatic heterocycles. The summed E-state index contributed by atoms with van der Waals surface area (Å²) in [5.74, 6) is -0.537. The van der Waals surface area contributed by atoms with Gasteiger partial charge in [0.1, 0.15) is 12.0 Å². The van der Waals surface area contributed by atoms with Gasteiger partial charge in [-0.05, 0) is 6.07 Å². The van der Waals surface area contributed by atoms with Crippen molar-refractivity contribution in [1.29, 1.82) is 0 Å². The summed E-state index contributed by atoms with van der Waals surface area (Å²) in [5.41, 5.74) is 5.07. The lowest BCUT2D eigenvalue weighted by Gasteiger charge is -2.05. The Balaban J connectivity index is 2.93. The molecule has 60 valence electrons. The summed E-state index contributed by atoms with van der Waals surface area (Å²) in [7, 11) is 0. The maximum Gasteiger partial charge on any atom is 0.140 e. The summed E-state index contributed by atoms with van der Waals surface area (Å²) >= 11 is 0. The van der Waals surface area contributed by atoms with Crippen LogP contribution in [0.25, 0.3) is 0 Å². The van der Waals surface area contributed by atoms with Crippen molar-refractivity contribution in [3.05, 3.63) is 35.6 Å². The summed E-state index contributed by atoms with van der Waals surface area (Å²) in [4.78, 5) is 0. The fourth-order valence-electron chi connectivity index (χ4n) is 0.856. The third-order valence-electron chi connectivity index (χ3n) is 1.45. The Morgan fingerprint density at radius 3 is 2.55 bits per heavy atom. The number of alkyl halides is 1. The van der Waals surface area contributed by atoms with Gasteiger partial charge in [0.25, 0.3) is 0 Å². The second-order valence-electron chi connectivity index (χ2n) is 2.22. The van der Waals surface area contributed by atoms with Gasteiger partial charge in [0, 0.05) is 12.1 Å². The van der Waals surface area contributed by atoms with Crippen molar-refractivity contribution in [1.82, 2.24) is 0 Å². The van der Waals surface area contributed by atoms with Crippen molar-refractivity contribution in [3.8, 4) is 0 Å². The summed E-state index contributed by atoms with van der Waals surface area (Å²) in [6.07, 6.45) is -1.39. The highest BCUT2D eigenvalue weighted by molar-refractivity contribution is 5.19. The molecule has 1 aromatic rings. The molecule has 1 rings (SSSR count). The van der Waals surface area contributed by atoms with E-state index in [-0.39, 0.29) is 12.1 Å². The molecule has 3 heteroatoms. The van der Waals surface area contributed by atoms with E-state index in [1.165, 1.54) is 18.2 Å². The van der Waals surface area contributed by atoms with E-state index in [4.69, 9.17) is 5.73 Å². The van der Waals surface area contributed by atoms with Crippen LogP contribution >= 0.6 is 0 Å². The molecule has 0 spiro atoms. The first-order valence-electron chi connectivity index (χ1n) is 3.34. The van der Waals surface area contributed by atoms with E-state index < -0.39 is 12.0 Å². The predicted molar refractivity (Wildman–Crippen MR) is 39.3 cm³/mol. The minimum absolute atomic E-state index is 0.0370. The van der Waals surface area contributed by atoms with Gasteiger partial charge in [-0.15, -0.1) is 0 Å². The van der Waals surface area contributed by atoms with Crippen LogP contribution < -0.4 is 5.73 Å². The first-order valence-corrected chi connectivity index (χ1v) is 3.34. The zero-order valence-corrected chi connectivity index (χ0v) is 5.93. The number of hydrogen-bond acceptors (Lipinski definition) is 1. The highest BCUT2D eigenvalue weighted by Crippen LogP contribution is 2.18. The van der Waals surface area contributed by atoms with E-state index in [9.17, 15) is 8.78 Å². The van der Waals surface area contributed by atoms with Crippen molar-refractivity contribution in [3.63, 3.8) is 0 Å². The summed E-state index contributed by atoms with van der Waals surface area (Å²) in [5, 5.41) is 0. The molecule has 1 atom stereocenters. The average molecular weight is 157 g/mol. The van der Waals surface area contributed by atoms with Gasteiger partial charge >= 0.3 is 0 Å². The fourth-order valence-corrected chi connectivity index (χ4v) is 0.856. The van der Waals surface area contributed by atoms with Gasteiger partial charge in [-0.2, -0.15) is 0 Å². The zero-order chi connectivity index (χ0) is 8.27. The molecule has 0 saturated carbocycles. The molecule has 0 saturated heterocycles. The second kappa shape index (κ2) is 3.44. The van der Waals surface area contributed by atoms with Gasteiger partial charge < -0.3 is 5.73 Å². The molecule has 0 aliphatic rings. The molecule has 0 heterocycles. The molecule has 2 N–H and O–H groups in total. The Labute approximate surface area is 63.8 Å². The Kier molecular flexibility index (Phi) is 2.54. The van der Waals surface area contributed by atoms with Crippen LogP contribution in [0.4, 0.5) is 8.78 Å². The van der Waals surface area contributed by atoms with Gasteiger partial charge in [0.2, 0.25) is 0 Å². The lowest BCUT2D eigenvalue weighted by atomic mass is 10.1. The fraction of sp³-hybridized carbons (Fsp3) is 0.250. The topological polar surface area (TPSA) is 26.0 Å². The molecule has 11 heavy (non-hydrogen) atoms. The van der Waals surface area contributed by atoms with Crippen LogP contribution in [0, 0.1) is 5.82 Å². The van der Waals surface area contributed by atoms with Crippen LogP contribution in [-0.4, -0.2) is 6.54 Å². The van der Waals surface area contributed by atoms with Gasteiger partial charge in [-0.3, -0.25) is 0 Å². The lowest BCUT2D eigenvalue weighted by Crippen LogP contribution is -2.08. The van der Waals surface area contributed by atoms with Crippen molar-refractivity contribution < 1.29 is 8.78 Å². The van der Waals surface area contributed by atoms with Gasteiger partial charge in [0.05, 0.1) is 0 Å². The largest absolute Gasteiger partial charge is 0.327 e. The van der Waals surface area contributed by atoms with Crippen LogP contribution in [-0.2, 0) is 0 Å². The molecule has 0 unspecified atom stereocenters. The van der Waals surface area contributed by atoms with Crippen LogP contribution in [0.5, 0.6) is 0 Å². The van der Waals surface area contributed by atoms with Crippen LogP contribution in [0.2, 0.25) is 0 Å². The standard InChI is InChI=1S/C8H9F2N/c9-7-4-2-1-3-6(7)8(10)5-11/h1-4,8H,5,11H2/t8-/m1/s1. The summed E-state index contributed by atoms with van der Waals surface area (Å²) in [6.45, 7) is -0.180. The van der Waals surface area contributed by atoms with E-state index in [0.717, 1.165) is 0 Å². The van der Waals surface area contributed by atoms with Crippen molar-refractivity contribution in [2.24, 2.45) is 5.73 Å². The Bertz CT molecular complexity index is 237. The minimum atomic E-state index is -1.39. The maximum absolute atomic E-state index is 12.8. The highest BCUT2D eigenvalue weighted by atomic mass is 19.1. The van der Waals surface area contributed by atoms with Crippen molar-refractivity contribution in [2.75, 3.05) is 6.54 Å². The predicted octanol–water partition coefficient (Wildman–Crippen LogP) is 1.79. The molecular formula is C8H9F2N. The number of hydrogen-bond donors (Lipinski definition) is 1. The van der Waals surface area contributed by atoms with E-state index in [1.54, 1.807) is 6.07 Å². The average Bonchev–Trinajstić information content (AvgIpc) is 2.04. The molecule has 0 bridgehead atoms. The minimum Gasteiger partial charge on any atom is -0.327 e. The molecule has 0 fully saturated rings. The summed E-state index contributed by atoms with van der Waals surface area (Å²) in [6, 6.07) is 5.72. The first-order chi connectivity index (χ1) is 5.25. The van der Waals surface area contributed by atoms with Crippen LogP contribution in [0.15, 0.2) is 24.3 Å². The molecule has 0 amide bonds. The lowest BCUT2D eigenvalue weighted by molar-refractivity contribution is 0.341. The number of halogens is 2. The molecule has 1 aromatic carbocycles. The monoisotopic (exact) mass is 157 g/mol. The second-order valence-corrected chi connectivity index (χ2v) is 2.22. The number of nitrogens with two attached hydrogens (primary N) is 1. The highest BCUT2D eigenvalue weighted by Gasteiger charge is 2.10. The number of rotatable bonds is 2. The number of benzene rings is 1. The first kappa shape index (κ1) is 8.14. The van der Waals surface area contributed by atoms with Gasteiger partial charge in [0.15, 0.2) is 0 Å². The molecule has 0 aliphatic carbocycles. The smallest absolute Gasteiger partial charge is 0.140 e. The van der Waals surface area contributed by atoms with Crippen molar-refractivity contribution >= 4 is 0 Å². The molecule has 0 radical (unpaired) electrons. The van der Waals surface area contributed by atoms with E-state index >= 15 is 0 Å². The van der Waals surface area contributed by atoms with Crippen LogP contribution in [0.1, 0.15) is 11.7 Å². The molecule has 0 aliphatic heterocycles. The van der Waals surface area contributed by atoms with E-state index in [2.05, 4.69) is 0 Å². The Hall–Kier alpha value is -0.960. The third-order valence-corrected chi connectivity index (χ3v) is 1.45. The molecule has 1 nitrogen and oxygen atoms in total. The van der Waals surface area contributed by atoms with Crippen LogP contribution in [0.3, 0.4) is 0 Å². The van der Waals surface area contributed by atoms with E-state index in [0.29, 0.717) is 0 Å². The SMILES string of the molecule is NC[C@@H](F)c1ccccc1F. The van der Waals surface area contributed by atoms with Crippen molar-refractivity contribution in [2.45, 2.75) is 6.17 Å². The van der Waals surface area contributed by atoms with Gasteiger partial charge in [-0.25, -0.2) is 8.78 Å². The Morgan fingerprint density at radius 2 is 2.00 bits per heavy atom. The zero-order valence-electron chi connectivity index (χ0n) is 5.93. The normalized spacial score (nSPS) is 13.0. The van der Waals surface area contributed by atoms with Gasteiger partial charge in [-0.1, -0.05) is 18.2 Å².